The van der Waals surface area contributed by atoms with E-state index in [4.69, 9.17) is 4.74 Å². The van der Waals surface area contributed by atoms with E-state index >= 15 is 0 Å². The Morgan fingerprint density at radius 3 is 2.40 bits per heavy atom. The van der Waals surface area contributed by atoms with Crippen LogP contribution in [0.2, 0.25) is 0 Å². The van der Waals surface area contributed by atoms with Crippen molar-refractivity contribution in [1.82, 2.24) is 0 Å². The van der Waals surface area contributed by atoms with Gasteiger partial charge in [-0.25, -0.2) is 0 Å². The molecule has 2 unspecified atom stereocenters. The fraction of sp³-hybridized carbons (Fsp3) is 1.00. The SMILES string of the molecule is CCSCC(O)C1CC(C)(C)OC1(C)C. The molecule has 15 heavy (non-hydrogen) atoms. The Morgan fingerprint density at radius 2 is 2.00 bits per heavy atom. The van der Waals surface area contributed by atoms with Crippen LogP contribution >= 0.6 is 11.8 Å². The minimum absolute atomic E-state index is 0.0912. The van der Waals surface area contributed by atoms with Crippen LogP contribution in [0.25, 0.3) is 0 Å². The molecule has 0 aromatic carbocycles. The monoisotopic (exact) mass is 232 g/mol. The zero-order valence-electron chi connectivity index (χ0n) is 10.5. The average Bonchev–Trinajstić information content (AvgIpc) is 2.30. The normalized spacial score (nSPS) is 30.4. The number of aliphatic hydroxyl groups excluding tert-OH is 1. The van der Waals surface area contributed by atoms with Crippen LogP contribution in [0.1, 0.15) is 41.0 Å². The van der Waals surface area contributed by atoms with Crippen molar-refractivity contribution in [3.63, 3.8) is 0 Å². The summed E-state index contributed by atoms with van der Waals surface area (Å²) in [4.78, 5) is 0. The lowest BCUT2D eigenvalue weighted by Crippen LogP contribution is -2.37. The topological polar surface area (TPSA) is 29.5 Å². The summed E-state index contributed by atoms with van der Waals surface area (Å²) in [5.74, 6) is 2.14. The van der Waals surface area contributed by atoms with Crippen LogP contribution in [0.3, 0.4) is 0 Å². The molecule has 2 nitrogen and oxygen atoms in total. The van der Waals surface area contributed by atoms with E-state index in [1.165, 1.54) is 0 Å². The van der Waals surface area contributed by atoms with Crippen LogP contribution < -0.4 is 0 Å². The van der Waals surface area contributed by atoms with Crippen molar-refractivity contribution >= 4 is 11.8 Å². The van der Waals surface area contributed by atoms with E-state index in [1.54, 1.807) is 11.8 Å². The molecule has 1 aliphatic heterocycles. The van der Waals surface area contributed by atoms with E-state index in [0.717, 1.165) is 17.9 Å². The van der Waals surface area contributed by atoms with Crippen molar-refractivity contribution in [3.8, 4) is 0 Å². The van der Waals surface area contributed by atoms with Gasteiger partial charge in [-0.05, 0) is 39.9 Å². The van der Waals surface area contributed by atoms with Gasteiger partial charge in [-0.3, -0.25) is 0 Å². The van der Waals surface area contributed by atoms with Gasteiger partial charge < -0.3 is 9.84 Å². The van der Waals surface area contributed by atoms with Crippen LogP contribution in [-0.2, 0) is 4.74 Å². The summed E-state index contributed by atoms with van der Waals surface area (Å²) in [6.07, 6.45) is 0.706. The Morgan fingerprint density at radius 1 is 1.40 bits per heavy atom. The highest BCUT2D eigenvalue weighted by Crippen LogP contribution is 2.43. The molecule has 1 fully saturated rings. The predicted molar refractivity (Wildman–Crippen MR) is 66.4 cm³/mol. The Labute approximate surface area is 97.8 Å². The molecule has 1 rings (SSSR count). The number of hydrogen-bond donors (Lipinski definition) is 1. The number of ether oxygens (including phenoxy) is 1. The van der Waals surface area contributed by atoms with Crippen LogP contribution in [0.15, 0.2) is 0 Å². The minimum atomic E-state index is -0.244. The lowest BCUT2D eigenvalue weighted by molar-refractivity contribution is -0.0853. The first-order valence-corrected chi connectivity index (χ1v) is 6.90. The van der Waals surface area contributed by atoms with Crippen LogP contribution in [0.5, 0.6) is 0 Å². The minimum Gasteiger partial charge on any atom is -0.392 e. The van der Waals surface area contributed by atoms with E-state index < -0.39 is 0 Å². The van der Waals surface area contributed by atoms with E-state index in [0.29, 0.717) is 0 Å². The first-order valence-electron chi connectivity index (χ1n) is 5.74. The molecule has 0 aromatic rings. The highest BCUT2D eigenvalue weighted by Gasteiger charge is 2.48. The molecule has 0 amide bonds. The molecule has 90 valence electrons. The summed E-state index contributed by atoms with van der Waals surface area (Å²) in [6, 6.07) is 0. The third-order valence-corrected chi connectivity index (χ3v) is 4.09. The first kappa shape index (κ1) is 13.3. The third-order valence-electron chi connectivity index (χ3n) is 3.10. The van der Waals surface area contributed by atoms with Gasteiger partial charge in [-0.2, -0.15) is 11.8 Å². The fourth-order valence-corrected chi connectivity index (χ4v) is 3.27. The lowest BCUT2D eigenvalue weighted by Gasteiger charge is -2.30. The molecule has 0 saturated carbocycles. The molecule has 3 heteroatoms. The summed E-state index contributed by atoms with van der Waals surface area (Å²) in [6.45, 7) is 10.5. The molecule has 0 aliphatic carbocycles. The second kappa shape index (κ2) is 4.64. The molecule has 1 saturated heterocycles. The van der Waals surface area contributed by atoms with E-state index in [2.05, 4.69) is 34.6 Å². The molecule has 0 spiro atoms. The van der Waals surface area contributed by atoms with E-state index in [1.807, 2.05) is 0 Å². The molecule has 1 aliphatic rings. The second-order valence-electron chi connectivity index (χ2n) is 5.50. The van der Waals surface area contributed by atoms with Gasteiger partial charge in [0.05, 0.1) is 17.3 Å². The maximum absolute atomic E-state index is 10.1. The largest absolute Gasteiger partial charge is 0.392 e. The van der Waals surface area contributed by atoms with Crippen molar-refractivity contribution in [2.24, 2.45) is 5.92 Å². The van der Waals surface area contributed by atoms with Crippen molar-refractivity contribution < 1.29 is 9.84 Å². The van der Waals surface area contributed by atoms with Crippen molar-refractivity contribution in [3.05, 3.63) is 0 Å². The standard InChI is InChI=1S/C12H24O2S/c1-6-15-8-10(13)9-7-11(2,3)14-12(9,4)5/h9-10,13H,6-8H2,1-5H3. The van der Waals surface area contributed by atoms with Gasteiger partial charge in [-0.15, -0.1) is 0 Å². The Bertz CT molecular complexity index is 214. The molecule has 1 heterocycles. The maximum atomic E-state index is 10.1. The summed E-state index contributed by atoms with van der Waals surface area (Å²) < 4.78 is 5.98. The van der Waals surface area contributed by atoms with Crippen LogP contribution in [0.4, 0.5) is 0 Å². The number of rotatable bonds is 4. The van der Waals surface area contributed by atoms with Gasteiger partial charge in [0.25, 0.3) is 0 Å². The molecular formula is C12H24O2S. The molecule has 0 radical (unpaired) electrons. The number of thioether (sulfide) groups is 1. The average molecular weight is 232 g/mol. The molecule has 0 bridgehead atoms. The summed E-state index contributed by atoms with van der Waals surface area (Å²) >= 11 is 1.80. The maximum Gasteiger partial charge on any atom is 0.0687 e. The Hall–Kier alpha value is 0.270. The van der Waals surface area contributed by atoms with Gasteiger partial charge in [0, 0.05) is 11.7 Å². The van der Waals surface area contributed by atoms with Gasteiger partial charge >= 0.3 is 0 Å². The van der Waals surface area contributed by atoms with Gasteiger partial charge in [0.1, 0.15) is 0 Å². The molecule has 2 atom stereocenters. The summed E-state index contributed by atoms with van der Waals surface area (Å²) in [5, 5.41) is 10.1. The number of hydrogen-bond acceptors (Lipinski definition) is 3. The smallest absolute Gasteiger partial charge is 0.0687 e. The Kier molecular flexibility index (Phi) is 4.13. The van der Waals surface area contributed by atoms with Crippen molar-refractivity contribution in [2.45, 2.75) is 58.3 Å². The van der Waals surface area contributed by atoms with Crippen LogP contribution in [-0.4, -0.2) is 33.9 Å². The van der Waals surface area contributed by atoms with E-state index in [9.17, 15) is 5.11 Å². The fourth-order valence-electron chi connectivity index (χ4n) is 2.56. The highest BCUT2D eigenvalue weighted by atomic mass is 32.2. The molecular weight excluding hydrogens is 208 g/mol. The van der Waals surface area contributed by atoms with Gasteiger partial charge in [0.2, 0.25) is 0 Å². The quantitative estimate of drug-likeness (QED) is 0.808. The van der Waals surface area contributed by atoms with E-state index in [-0.39, 0.29) is 23.2 Å². The zero-order chi connectivity index (χ0) is 11.7. The highest BCUT2D eigenvalue weighted by molar-refractivity contribution is 7.99. The number of aliphatic hydroxyl groups is 1. The lowest BCUT2D eigenvalue weighted by atomic mass is 9.84. The van der Waals surface area contributed by atoms with Crippen LogP contribution in [0, 0.1) is 5.92 Å². The van der Waals surface area contributed by atoms with Gasteiger partial charge in [-0.1, -0.05) is 6.92 Å². The van der Waals surface area contributed by atoms with Gasteiger partial charge in [0.15, 0.2) is 0 Å². The second-order valence-corrected chi connectivity index (χ2v) is 6.82. The summed E-state index contributed by atoms with van der Waals surface area (Å²) in [7, 11) is 0. The molecule has 1 N–H and O–H groups in total. The Balaban J connectivity index is 2.61. The van der Waals surface area contributed by atoms with Crippen molar-refractivity contribution in [2.75, 3.05) is 11.5 Å². The molecule has 0 aromatic heterocycles. The van der Waals surface area contributed by atoms with Crippen molar-refractivity contribution in [1.29, 1.82) is 0 Å². The zero-order valence-corrected chi connectivity index (χ0v) is 11.4. The third kappa shape index (κ3) is 3.36. The summed E-state index contributed by atoms with van der Waals surface area (Å²) in [5.41, 5.74) is -0.288. The predicted octanol–water partition coefficient (Wildman–Crippen LogP) is 2.69. The first-order chi connectivity index (χ1) is 6.78.